The lowest BCUT2D eigenvalue weighted by Gasteiger charge is -2.08. The highest BCUT2D eigenvalue weighted by Gasteiger charge is 2.25. The molecular formula is C22H20N8OS. The molecule has 4 aromatic heterocycles. The Morgan fingerprint density at radius 2 is 2.06 bits per heavy atom. The van der Waals surface area contributed by atoms with Gasteiger partial charge in [-0.1, -0.05) is 18.7 Å². The summed E-state index contributed by atoms with van der Waals surface area (Å²) in [5, 5.41) is 19.8. The maximum atomic E-state index is 5.64. The van der Waals surface area contributed by atoms with Gasteiger partial charge in [-0.15, -0.1) is 10.2 Å². The smallest absolute Gasteiger partial charge is 0.247 e. The molecule has 9 nitrogen and oxygen atoms in total. The third-order valence-electron chi connectivity index (χ3n) is 5.31. The monoisotopic (exact) mass is 444 g/mol. The number of nitrogens with zero attached hydrogens (tertiary/aromatic N) is 6. The number of imidazole rings is 1. The zero-order chi connectivity index (χ0) is 21.5. The van der Waals surface area contributed by atoms with Gasteiger partial charge in [-0.25, -0.2) is 9.97 Å². The minimum absolute atomic E-state index is 0.534. The minimum atomic E-state index is 0.534. The first-order valence-electron chi connectivity index (χ1n) is 10.5. The fourth-order valence-electron chi connectivity index (χ4n) is 3.46. The molecule has 160 valence electrons. The van der Waals surface area contributed by atoms with Gasteiger partial charge in [0.1, 0.15) is 10.7 Å². The second-order valence-corrected chi connectivity index (χ2v) is 8.76. The van der Waals surface area contributed by atoms with E-state index in [0.717, 1.165) is 33.4 Å². The molecule has 2 N–H and O–H groups in total. The van der Waals surface area contributed by atoms with Crippen molar-refractivity contribution in [2.24, 2.45) is 0 Å². The van der Waals surface area contributed by atoms with E-state index in [9.17, 15) is 0 Å². The molecule has 0 spiro atoms. The molecule has 10 heteroatoms. The maximum Gasteiger partial charge on any atom is 0.247 e. The Hall–Kier alpha value is -3.66. The molecule has 0 saturated heterocycles. The highest BCUT2D eigenvalue weighted by molar-refractivity contribution is 7.99. The Morgan fingerprint density at radius 3 is 2.84 bits per heavy atom. The van der Waals surface area contributed by atoms with Crippen molar-refractivity contribution < 1.29 is 4.42 Å². The van der Waals surface area contributed by atoms with Crippen LogP contribution in [0.15, 0.2) is 63.1 Å². The number of aryl methyl sites for hydroxylation is 1. The normalized spacial score (nSPS) is 13.7. The largest absolute Gasteiger partial charge is 0.421 e. The number of rotatable bonds is 7. The highest BCUT2D eigenvalue weighted by Crippen LogP contribution is 2.39. The van der Waals surface area contributed by atoms with Crippen LogP contribution in [0.2, 0.25) is 0 Å². The summed E-state index contributed by atoms with van der Waals surface area (Å²) >= 11 is 1.56. The molecule has 1 fully saturated rings. The van der Waals surface area contributed by atoms with Gasteiger partial charge < -0.3 is 9.73 Å². The minimum Gasteiger partial charge on any atom is -0.421 e. The molecule has 0 aliphatic heterocycles. The summed E-state index contributed by atoms with van der Waals surface area (Å²) in [4.78, 5) is 10.3. The van der Waals surface area contributed by atoms with E-state index in [4.69, 9.17) is 9.40 Å². The van der Waals surface area contributed by atoms with Crippen molar-refractivity contribution in [2.45, 2.75) is 42.0 Å². The number of hydrogen-bond acceptors (Lipinski definition) is 8. The van der Waals surface area contributed by atoms with Crippen molar-refractivity contribution >= 4 is 29.2 Å². The summed E-state index contributed by atoms with van der Waals surface area (Å²) < 4.78 is 7.56. The Labute approximate surface area is 187 Å². The van der Waals surface area contributed by atoms with E-state index in [1.165, 1.54) is 18.5 Å². The van der Waals surface area contributed by atoms with Crippen LogP contribution in [-0.2, 0) is 6.42 Å². The second kappa shape index (κ2) is 7.79. The number of benzene rings is 1. The summed E-state index contributed by atoms with van der Waals surface area (Å²) in [6, 6.07) is 12.0. The molecule has 0 radical (unpaired) electrons. The summed E-state index contributed by atoms with van der Waals surface area (Å²) in [6.07, 6.45) is 6.82. The number of anilines is 2. The van der Waals surface area contributed by atoms with Crippen LogP contribution in [0.5, 0.6) is 0 Å². The lowest BCUT2D eigenvalue weighted by molar-refractivity contribution is 0.513. The van der Waals surface area contributed by atoms with Gasteiger partial charge in [0.25, 0.3) is 0 Å². The Bertz CT molecular complexity index is 1380. The van der Waals surface area contributed by atoms with Crippen LogP contribution in [0.4, 0.5) is 11.8 Å². The molecule has 5 aromatic rings. The predicted molar refractivity (Wildman–Crippen MR) is 120 cm³/mol. The number of aromatic nitrogens is 7. The average Bonchev–Trinajstić information content (AvgIpc) is 3.19. The predicted octanol–water partition coefficient (Wildman–Crippen LogP) is 4.84. The summed E-state index contributed by atoms with van der Waals surface area (Å²) in [5.41, 5.74) is 2.88. The van der Waals surface area contributed by atoms with Gasteiger partial charge in [0.2, 0.25) is 17.7 Å². The van der Waals surface area contributed by atoms with Crippen molar-refractivity contribution in [3.8, 4) is 11.5 Å². The number of nitrogens with one attached hydrogen (secondary N) is 2. The van der Waals surface area contributed by atoms with E-state index in [1.807, 2.05) is 47.9 Å². The van der Waals surface area contributed by atoms with Crippen molar-refractivity contribution in [1.29, 1.82) is 0 Å². The number of aromatic amines is 1. The van der Waals surface area contributed by atoms with Gasteiger partial charge in [0.05, 0.1) is 0 Å². The topological polar surface area (TPSA) is 110 Å². The van der Waals surface area contributed by atoms with E-state index in [1.54, 1.807) is 18.0 Å². The molecular weight excluding hydrogens is 424 g/mol. The number of hydrogen-bond donors (Lipinski definition) is 2. The first-order valence-corrected chi connectivity index (χ1v) is 11.3. The molecule has 1 aliphatic carbocycles. The quantitative estimate of drug-likeness (QED) is 0.343. The summed E-state index contributed by atoms with van der Waals surface area (Å²) in [5.74, 6) is 3.21. The fourth-order valence-corrected chi connectivity index (χ4v) is 4.27. The summed E-state index contributed by atoms with van der Waals surface area (Å²) in [6.45, 7) is 1.99. The van der Waals surface area contributed by atoms with Crippen LogP contribution >= 0.6 is 11.8 Å². The van der Waals surface area contributed by atoms with E-state index in [2.05, 4.69) is 36.8 Å². The van der Waals surface area contributed by atoms with Gasteiger partial charge in [-0.2, -0.15) is 5.10 Å². The van der Waals surface area contributed by atoms with Gasteiger partial charge >= 0.3 is 0 Å². The van der Waals surface area contributed by atoms with Gasteiger partial charge in [0, 0.05) is 53.0 Å². The zero-order valence-corrected chi connectivity index (χ0v) is 18.1. The molecule has 1 aliphatic rings. The van der Waals surface area contributed by atoms with E-state index in [0.29, 0.717) is 23.6 Å². The molecule has 32 heavy (non-hydrogen) atoms. The third-order valence-corrected chi connectivity index (χ3v) is 6.24. The lowest BCUT2D eigenvalue weighted by Crippen LogP contribution is -2.02. The Kier molecular flexibility index (Phi) is 4.64. The molecule has 0 unspecified atom stereocenters. The number of H-pyrrole nitrogens is 1. The zero-order valence-electron chi connectivity index (χ0n) is 17.3. The van der Waals surface area contributed by atoms with Gasteiger partial charge in [0.15, 0.2) is 5.82 Å². The third kappa shape index (κ3) is 3.73. The van der Waals surface area contributed by atoms with E-state index in [-0.39, 0.29) is 0 Å². The van der Waals surface area contributed by atoms with Crippen LogP contribution in [-0.4, -0.2) is 34.8 Å². The van der Waals surface area contributed by atoms with Crippen molar-refractivity contribution in [3.05, 3.63) is 60.4 Å². The molecule has 0 atom stereocenters. The maximum absolute atomic E-state index is 5.64. The molecule has 1 saturated carbocycles. The molecule has 1 aromatic carbocycles. The first-order chi connectivity index (χ1) is 15.7. The lowest BCUT2D eigenvalue weighted by atomic mass is 10.2. The highest BCUT2D eigenvalue weighted by atomic mass is 32.2. The molecule has 0 bridgehead atoms. The molecule has 6 rings (SSSR count). The SMILES string of the molecule is CCc1nnc(-c2ccc(Sc3cc4nccn4c(Nc4cc(C5CC5)[nH]n4)n3)cc2)o1. The summed E-state index contributed by atoms with van der Waals surface area (Å²) in [7, 11) is 0. The Balaban J connectivity index is 1.25. The standard InChI is InChI=1S/C22H20N8OS/c1-2-19-28-29-21(31-19)14-5-7-15(8-6-14)32-20-12-18-23-9-10-30(18)22(25-20)24-17-11-16(26-27-17)13-3-4-13/h5-13H,2-4H2,1H3,(H2,24,25,26,27). The van der Waals surface area contributed by atoms with Crippen LogP contribution in [0.25, 0.3) is 17.1 Å². The van der Waals surface area contributed by atoms with Crippen molar-refractivity contribution in [2.75, 3.05) is 5.32 Å². The second-order valence-electron chi connectivity index (χ2n) is 7.66. The van der Waals surface area contributed by atoms with Crippen LogP contribution in [0.1, 0.15) is 37.3 Å². The Morgan fingerprint density at radius 1 is 1.19 bits per heavy atom. The molecule has 4 heterocycles. The van der Waals surface area contributed by atoms with Gasteiger partial charge in [-0.3, -0.25) is 9.50 Å². The van der Waals surface area contributed by atoms with E-state index < -0.39 is 0 Å². The fraction of sp³-hybridized carbons (Fsp3) is 0.227. The first kappa shape index (κ1) is 19.1. The van der Waals surface area contributed by atoms with Gasteiger partial charge in [-0.05, 0) is 37.1 Å². The van der Waals surface area contributed by atoms with Crippen molar-refractivity contribution in [1.82, 2.24) is 34.8 Å². The van der Waals surface area contributed by atoms with Crippen molar-refractivity contribution in [3.63, 3.8) is 0 Å². The average molecular weight is 445 g/mol. The molecule has 0 amide bonds. The van der Waals surface area contributed by atoms with Crippen LogP contribution in [0, 0.1) is 0 Å². The number of fused-ring (bicyclic) bond motifs is 1. The van der Waals surface area contributed by atoms with E-state index >= 15 is 0 Å². The van der Waals surface area contributed by atoms with Crippen LogP contribution in [0.3, 0.4) is 0 Å². The van der Waals surface area contributed by atoms with Crippen LogP contribution < -0.4 is 5.32 Å².